The first-order chi connectivity index (χ1) is 14.7. The molecule has 0 atom stereocenters. The first-order valence-electron chi connectivity index (χ1n) is 9.07. The van der Waals surface area contributed by atoms with Crippen molar-refractivity contribution in [3.8, 4) is 0 Å². The Morgan fingerprint density at radius 2 is 1.37 bits per heavy atom. The molecule has 0 saturated heterocycles. The SMILES string of the molecule is O=C(Sc1ccccn1)c1cc(C(=O)Sc2ccccn2)n(Cc2ccccc2)n1. The summed E-state index contributed by atoms with van der Waals surface area (Å²) in [6, 6.07) is 21.9. The Morgan fingerprint density at radius 1 is 0.767 bits per heavy atom. The van der Waals surface area contributed by atoms with Crippen molar-refractivity contribution in [2.75, 3.05) is 0 Å². The van der Waals surface area contributed by atoms with Crippen molar-refractivity contribution in [3.05, 3.63) is 102 Å². The minimum Gasteiger partial charge on any atom is -0.279 e. The molecule has 3 heterocycles. The molecule has 4 aromatic rings. The van der Waals surface area contributed by atoms with Gasteiger partial charge in [-0.15, -0.1) is 0 Å². The van der Waals surface area contributed by atoms with Crippen molar-refractivity contribution in [3.63, 3.8) is 0 Å². The number of aromatic nitrogens is 4. The largest absolute Gasteiger partial charge is 0.279 e. The Morgan fingerprint density at radius 3 is 1.97 bits per heavy atom. The molecule has 0 bridgehead atoms. The summed E-state index contributed by atoms with van der Waals surface area (Å²) in [6.07, 6.45) is 3.26. The average Bonchev–Trinajstić information content (AvgIpc) is 3.20. The Bertz CT molecular complexity index is 1150. The van der Waals surface area contributed by atoms with Gasteiger partial charge in [0.25, 0.3) is 0 Å². The van der Waals surface area contributed by atoms with Gasteiger partial charge < -0.3 is 0 Å². The standard InChI is InChI=1S/C22H16N4O2S2/c27-21(29-19-10-4-6-12-23-19)17-14-18(22(28)30-20-11-5-7-13-24-20)26(25-17)15-16-8-2-1-3-9-16/h1-14H,15H2. The molecule has 0 unspecified atom stereocenters. The second-order valence-electron chi connectivity index (χ2n) is 6.17. The highest BCUT2D eigenvalue weighted by molar-refractivity contribution is 8.14. The molecule has 0 N–H and O–H groups in total. The fourth-order valence-corrected chi connectivity index (χ4v) is 4.04. The van der Waals surface area contributed by atoms with Gasteiger partial charge in [0, 0.05) is 18.5 Å². The Balaban J connectivity index is 1.62. The lowest BCUT2D eigenvalue weighted by Gasteiger charge is -2.06. The fourth-order valence-electron chi connectivity index (χ4n) is 2.67. The molecule has 8 heteroatoms. The number of carbonyl (C=O) groups is 2. The summed E-state index contributed by atoms with van der Waals surface area (Å²) in [5, 5.41) is 5.11. The van der Waals surface area contributed by atoms with Crippen LogP contribution in [0.2, 0.25) is 0 Å². The number of hydrogen-bond donors (Lipinski definition) is 0. The molecule has 0 spiro atoms. The molecule has 0 aliphatic carbocycles. The van der Waals surface area contributed by atoms with E-state index in [-0.39, 0.29) is 15.9 Å². The van der Waals surface area contributed by atoms with Gasteiger partial charge in [0.2, 0.25) is 10.2 Å². The highest BCUT2D eigenvalue weighted by Crippen LogP contribution is 2.25. The fraction of sp³-hybridized carbons (Fsp3) is 0.0455. The van der Waals surface area contributed by atoms with E-state index in [1.807, 2.05) is 42.5 Å². The van der Waals surface area contributed by atoms with Crippen LogP contribution in [-0.4, -0.2) is 30.0 Å². The van der Waals surface area contributed by atoms with Crippen molar-refractivity contribution >= 4 is 33.8 Å². The van der Waals surface area contributed by atoms with Crippen molar-refractivity contribution < 1.29 is 9.59 Å². The summed E-state index contributed by atoms with van der Waals surface area (Å²) in [5.41, 5.74) is 1.54. The first-order valence-corrected chi connectivity index (χ1v) is 10.7. The third-order valence-electron chi connectivity index (χ3n) is 4.04. The summed E-state index contributed by atoms with van der Waals surface area (Å²) >= 11 is 1.99. The third kappa shape index (κ3) is 5.03. The van der Waals surface area contributed by atoms with Crippen LogP contribution in [0.5, 0.6) is 0 Å². The second-order valence-corrected chi connectivity index (χ2v) is 8.16. The van der Waals surface area contributed by atoms with Gasteiger partial charge in [-0.3, -0.25) is 14.3 Å². The molecule has 3 aromatic heterocycles. The Kier molecular flexibility index (Phi) is 6.36. The number of rotatable bonds is 6. The van der Waals surface area contributed by atoms with E-state index < -0.39 is 0 Å². The van der Waals surface area contributed by atoms with Gasteiger partial charge in [-0.2, -0.15) is 5.10 Å². The van der Waals surface area contributed by atoms with Gasteiger partial charge in [0.15, 0.2) is 0 Å². The maximum atomic E-state index is 13.0. The van der Waals surface area contributed by atoms with Gasteiger partial charge in [-0.25, -0.2) is 9.97 Å². The molecule has 0 fully saturated rings. The summed E-state index contributed by atoms with van der Waals surface area (Å²) in [6.45, 7) is 0.381. The maximum Gasteiger partial charge on any atom is 0.245 e. The third-order valence-corrected chi connectivity index (χ3v) is 5.73. The quantitative estimate of drug-likeness (QED) is 0.413. The number of hydrogen-bond acceptors (Lipinski definition) is 7. The van der Waals surface area contributed by atoms with Crippen LogP contribution >= 0.6 is 23.5 Å². The smallest absolute Gasteiger partial charge is 0.245 e. The molecule has 0 radical (unpaired) electrons. The van der Waals surface area contributed by atoms with Gasteiger partial charge in [0.05, 0.1) is 6.54 Å². The number of nitrogens with zero attached hydrogens (tertiary/aromatic N) is 4. The lowest BCUT2D eigenvalue weighted by molar-refractivity contribution is 0.107. The van der Waals surface area contributed by atoms with Crippen molar-refractivity contribution in [2.45, 2.75) is 16.6 Å². The molecule has 30 heavy (non-hydrogen) atoms. The Labute approximate surface area is 181 Å². The van der Waals surface area contributed by atoms with Gasteiger partial charge in [0.1, 0.15) is 21.4 Å². The van der Waals surface area contributed by atoms with Crippen LogP contribution in [0.25, 0.3) is 0 Å². The predicted molar refractivity (Wildman–Crippen MR) is 117 cm³/mol. The maximum absolute atomic E-state index is 13.0. The van der Waals surface area contributed by atoms with E-state index in [4.69, 9.17) is 0 Å². The molecule has 148 valence electrons. The van der Waals surface area contributed by atoms with E-state index in [0.717, 1.165) is 29.1 Å². The molecular weight excluding hydrogens is 416 g/mol. The molecular formula is C22H16N4O2S2. The van der Waals surface area contributed by atoms with E-state index in [0.29, 0.717) is 22.3 Å². The summed E-state index contributed by atoms with van der Waals surface area (Å²) in [4.78, 5) is 34.0. The molecule has 1 aromatic carbocycles. The zero-order chi connectivity index (χ0) is 20.8. The predicted octanol–water partition coefficient (Wildman–Crippen LogP) is 4.59. The Hall–Kier alpha value is -3.23. The monoisotopic (exact) mass is 432 g/mol. The lowest BCUT2D eigenvalue weighted by atomic mass is 10.2. The topological polar surface area (TPSA) is 77.7 Å². The van der Waals surface area contributed by atoms with Gasteiger partial charge >= 0.3 is 0 Å². The normalized spacial score (nSPS) is 10.7. The van der Waals surface area contributed by atoms with Crippen molar-refractivity contribution in [1.29, 1.82) is 0 Å². The highest BCUT2D eigenvalue weighted by atomic mass is 32.2. The van der Waals surface area contributed by atoms with Crippen LogP contribution in [0.3, 0.4) is 0 Å². The molecule has 4 rings (SSSR count). The number of benzene rings is 1. The second kappa shape index (κ2) is 9.51. The van der Waals surface area contributed by atoms with Gasteiger partial charge in [-0.1, -0.05) is 42.5 Å². The molecule has 6 nitrogen and oxygen atoms in total. The summed E-state index contributed by atoms with van der Waals surface area (Å²) in [7, 11) is 0. The van der Waals surface area contributed by atoms with Crippen LogP contribution in [0, 0.1) is 0 Å². The minimum atomic E-state index is -0.266. The van der Waals surface area contributed by atoms with Crippen LogP contribution in [0.1, 0.15) is 26.5 Å². The van der Waals surface area contributed by atoms with E-state index in [2.05, 4.69) is 15.1 Å². The molecule has 0 amide bonds. The van der Waals surface area contributed by atoms with E-state index in [9.17, 15) is 9.59 Å². The van der Waals surface area contributed by atoms with Crippen LogP contribution < -0.4 is 0 Å². The number of pyridine rings is 2. The molecule has 0 aliphatic heterocycles. The number of thioether (sulfide) groups is 2. The minimum absolute atomic E-state index is 0.214. The summed E-state index contributed by atoms with van der Waals surface area (Å²) < 4.78 is 1.57. The molecule has 0 aliphatic rings. The lowest BCUT2D eigenvalue weighted by Crippen LogP contribution is -2.10. The van der Waals surface area contributed by atoms with E-state index in [1.165, 1.54) is 0 Å². The van der Waals surface area contributed by atoms with Crippen molar-refractivity contribution in [2.24, 2.45) is 0 Å². The van der Waals surface area contributed by atoms with Gasteiger partial charge in [-0.05, 0) is 53.4 Å². The highest BCUT2D eigenvalue weighted by Gasteiger charge is 2.21. The zero-order valence-corrected chi connectivity index (χ0v) is 17.3. The van der Waals surface area contributed by atoms with Crippen LogP contribution in [0.4, 0.5) is 0 Å². The average molecular weight is 433 g/mol. The van der Waals surface area contributed by atoms with Crippen LogP contribution in [0.15, 0.2) is 95.2 Å². The molecule has 0 saturated carbocycles. The summed E-state index contributed by atoms with van der Waals surface area (Å²) in [5.74, 6) is 0. The van der Waals surface area contributed by atoms with Crippen molar-refractivity contribution in [1.82, 2.24) is 19.7 Å². The van der Waals surface area contributed by atoms with E-state index in [1.54, 1.807) is 47.4 Å². The van der Waals surface area contributed by atoms with Crippen LogP contribution in [-0.2, 0) is 6.54 Å². The zero-order valence-electron chi connectivity index (χ0n) is 15.7. The number of carbonyl (C=O) groups excluding carboxylic acids is 2. The van der Waals surface area contributed by atoms with E-state index >= 15 is 0 Å². The first kappa shape index (κ1) is 20.1.